The quantitative estimate of drug-likeness (QED) is 0.887. The molecule has 2 heterocycles. The Balaban J connectivity index is 0.00000176. The van der Waals surface area contributed by atoms with Gasteiger partial charge in [-0.3, -0.25) is 0 Å². The van der Waals surface area contributed by atoms with E-state index in [-0.39, 0.29) is 17.8 Å². The molecule has 0 radical (unpaired) electrons. The average Bonchev–Trinajstić information content (AvgIpc) is 2.87. The molecule has 0 aromatic heterocycles. The summed E-state index contributed by atoms with van der Waals surface area (Å²) >= 11 is 0. The zero-order valence-electron chi connectivity index (χ0n) is 12.0. The first kappa shape index (κ1) is 17.6. The van der Waals surface area contributed by atoms with Crippen LogP contribution in [0.1, 0.15) is 19.3 Å². The highest BCUT2D eigenvalue weighted by atomic mass is 35.5. The van der Waals surface area contributed by atoms with Crippen molar-refractivity contribution in [2.24, 2.45) is 5.41 Å². The van der Waals surface area contributed by atoms with Crippen LogP contribution in [0, 0.1) is 17.0 Å². The monoisotopic (exact) mass is 352 g/mol. The average molecular weight is 353 g/mol. The lowest BCUT2D eigenvalue weighted by molar-refractivity contribution is 0.218. The second-order valence-electron chi connectivity index (χ2n) is 5.91. The minimum Gasteiger partial charge on any atom is -0.317 e. The lowest BCUT2D eigenvalue weighted by Crippen LogP contribution is -2.39. The lowest BCUT2D eigenvalue weighted by atomic mass is 9.78. The predicted molar refractivity (Wildman–Crippen MR) is 81.5 cm³/mol. The Hall–Kier alpha value is -0.760. The van der Waals surface area contributed by atoms with Crippen LogP contribution in [0.2, 0.25) is 0 Å². The van der Waals surface area contributed by atoms with Crippen molar-refractivity contribution in [3.05, 3.63) is 29.8 Å². The van der Waals surface area contributed by atoms with Crippen LogP contribution in [0.5, 0.6) is 0 Å². The van der Waals surface area contributed by atoms with Crippen molar-refractivity contribution in [3.8, 4) is 0 Å². The molecule has 0 saturated carbocycles. The summed E-state index contributed by atoms with van der Waals surface area (Å²) < 4.78 is 53.4. The van der Waals surface area contributed by atoms with Gasteiger partial charge in [0, 0.05) is 13.1 Å². The van der Waals surface area contributed by atoms with E-state index in [1.54, 1.807) is 0 Å². The molecule has 2 aliphatic heterocycles. The number of hydrogen-bond acceptors (Lipinski definition) is 3. The van der Waals surface area contributed by atoms with E-state index in [0.29, 0.717) is 13.1 Å². The molecule has 1 aromatic rings. The molecule has 2 aliphatic rings. The maximum Gasteiger partial charge on any atom is 0.246 e. The van der Waals surface area contributed by atoms with Gasteiger partial charge in [0.1, 0.15) is 16.5 Å². The van der Waals surface area contributed by atoms with E-state index in [1.807, 2.05) is 0 Å². The summed E-state index contributed by atoms with van der Waals surface area (Å²) in [5.74, 6) is -1.64. The van der Waals surface area contributed by atoms with Crippen LogP contribution < -0.4 is 5.32 Å². The first-order chi connectivity index (χ1) is 9.93. The van der Waals surface area contributed by atoms with Crippen LogP contribution in [-0.2, 0) is 10.0 Å². The topological polar surface area (TPSA) is 49.4 Å². The third-order valence-electron chi connectivity index (χ3n) is 4.58. The van der Waals surface area contributed by atoms with Crippen molar-refractivity contribution >= 4 is 22.4 Å². The molecule has 22 heavy (non-hydrogen) atoms. The third kappa shape index (κ3) is 3.13. The maximum absolute atomic E-state index is 13.8. The minimum atomic E-state index is -3.97. The lowest BCUT2D eigenvalue weighted by Gasteiger charge is -2.33. The third-order valence-corrected chi connectivity index (χ3v) is 6.44. The number of hydrogen-bond donors (Lipinski definition) is 1. The number of sulfonamides is 1. The van der Waals surface area contributed by atoms with Gasteiger partial charge in [0.05, 0.1) is 0 Å². The zero-order valence-corrected chi connectivity index (χ0v) is 13.7. The summed E-state index contributed by atoms with van der Waals surface area (Å²) in [5.41, 5.74) is -0.0118. The van der Waals surface area contributed by atoms with Crippen LogP contribution in [0.15, 0.2) is 23.1 Å². The SMILES string of the molecule is Cl.O=S(=O)(c1cc(F)ccc1F)N1CCC2(CCNCC2)C1. The fourth-order valence-electron chi connectivity index (χ4n) is 3.28. The number of nitrogens with one attached hydrogen (secondary N) is 1. The second-order valence-corrected chi connectivity index (χ2v) is 7.82. The minimum absolute atomic E-state index is 0. The van der Waals surface area contributed by atoms with Gasteiger partial charge < -0.3 is 5.32 Å². The molecule has 0 amide bonds. The highest BCUT2D eigenvalue weighted by Gasteiger charge is 2.43. The molecule has 0 atom stereocenters. The van der Waals surface area contributed by atoms with Gasteiger partial charge in [0.15, 0.2) is 0 Å². The fraction of sp³-hybridized carbons (Fsp3) is 0.571. The molecule has 0 aliphatic carbocycles. The van der Waals surface area contributed by atoms with E-state index >= 15 is 0 Å². The van der Waals surface area contributed by atoms with E-state index in [1.165, 1.54) is 4.31 Å². The largest absolute Gasteiger partial charge is 0.317 e. The molecule has 1 aromatic carbocycles. The zero-order chi connectivity index (χ0) is 15.1. The molecule has 0 unspecified atom stereocenters. The van der Waals surface area contributed by atoms with Crippen LogP contribution in [0.4, 0.5) is 8.78 Å². The van der Waals surface area contributed by atoms with E-state index < -0.39 is 26.6 Å². The van der Waals surface area contributed by atoms with Gasteiger partial charge in [-0.2, -0.15) is 4.31 Å². The van der Waals surface area contributed by atoms with Crippen molar-refractivity contribution in [1.82, 2.24) is 9.62 Å². The number of rotatable bonds is 2. The molecule has 124 valence electrons. The van der Waals surface area contributed by atoms with Crippen molar-refractivity contribution in [2.45, 2.75) is 24.2 Å². The highest BCUT2D eigenvalue weighted by molar-refractivity contribution is 7.89. The number of benzene rings is 1. The Morgan fingerprint density at radius 3 is 2.50 bits per heavy atom. The Morgan fingerprint density at radius 2 is 1.82 bits per heavy atom. The maximum atomic E-state index is 13.8. The van der Waals surface area contributed by atoms with E-state index in [9.17, 15) is 17.2 Å². The fourth-order valence-corrected chi connectivity index (χ4v) is 4.91. The van der Waals surface area contributed by atoms with Gasteiger partial charge in [0.25, 0.3) is 0 Å². The first-order valence-electron chi connectivity index (χ1n) is 7.09. The molecule has 8 heteroatoms. The Morgan fingerprint density at radius 1 is 1.14 bits per heavy atom. The number of nitrogens with zero attached hydrogens (tertiary/aromatic N) is 1. The number of piperidine rings is 1. The molecule has 1 spiro atoms. The summed E-state index contributed by atoms with van der Waals surface area (Å²) in [4.78, 5) is -0.562. The standard InChI is InChI=1S/C14H18F2N2O2S.ClH/c15-11-1-2-12(16)13(9-11)21(19,20)18-8-5-14(10-18)3-6-17-7-4-14;/h1-2,9,17H,3-8,10H2;1H. The van der Waals surface area contributed by atoms with Crippen LogP contribution in [0.3, 0.4) is 0 Å². The summed E-state index contributed by atoms with van der Waals surface area (Å²) in [6.45, 7) is 2.52. The van der Waals surface area contributed by atoms with Crippen molar-refractivity contribution in [1.29, 1.82) is 0 Å². The molecular weight excluding hydrogens is 334 g/mol. The summed E-state index contributed by atoms with van der Waals surface area (Å²) in [7, 11) is -3.97. The normalized spacial score (nSPS) is 21.7. The molecule has 3 rings (SSSR count). The van der Waals surface area contributed by atoms with Gasteiger partial charge in [-0.15, -0.1) is 12.4 Å². The summed E-state index contributed by atoms with van der Waals surface area (Å²) in [6, 6.07) is 2.54. The van der Waals surface area contributed by atoms with Gasteiger partial charge in [0.2, 0.25) is 10.0 Å². The molecule has 2 fully saturated rings. The molecule has 1 N–H and O–H groups in total. The van der Waals surface area contributed by atoms with Crippen LogP contribution in [-0.4, -0.2) is 38.9 Å². The van der Waals surface area contributed by atoms with E-state index in [0.717, 1.165) is 50.6 Å². The second kappa shape index (κ2) is 6.39. The number of halogens is 3. The van der Waals surface area contributed by atoms with Gasteiger partial charge in [-0.05, 0) is 56.0 Å². The van der Waals surface area contributed by atoms with Crippen LogP contribution >= 0.6 is 12.4 Å². The van der Waals surface area contributed by atoms with E-state index in [4.69, 9.17) is 0 Å². The van der Waals surface area contributed by atoms with Crippen molar-refractivity contribution < 1.29 is 17.2 Å². The summed E-state index contributed by atoms with van der Waals surface area (Å²) in [6.07, 6.45) is 2.63. The Labute approximate surface area is 135 Å². The molecule has 2 saturated heterocycles. The van der Waals surface area contributed by atoms with Gasteiger partial charge in [-0.25, -0.2) is 17.2 Å². The molecule has 0 bridgehead atoms. The highest BCUT2D eigenvalue weighted by Crippen LogP contribution is 2.40. The summed E-state index contributed by atoms with van der Waals surface area (Å²) in [5, 5.41) is 3.26. The van der Waals surface area contributed by atoms with Crippen molar-refractivity contribution in [3.63, 3.8) is 0 Å². The molecule has 4 nitrogen and oxygen atoms in total. The first-order valence-corrected chi connectivity index (χ1v) is 8.53. The smallest absolute Gasteiger partial charge is 0.246 e. The molecular formula is C14H19ClF2N2O2S. The predicted octanol–water partition coefficient (Wildman–Crippen LogP) is 2.15. The van der Waals surface area contributed by atoms with Gasteiger partial charge in [-0.1, -0.05) is 0 Å². The van der Waals surface area contributed by atoms with E-state index in [2.05, 4.69) is 5.32 Å². The van der Waals surface area contributed by atoms with Gasteiger partial charge >= 0.3 is 0 Å². The van der Waals surface area contributed by atoms with Crippen molar-refractivity contribution in [2.75, 3.05) is 26.2 Å². The Kier molecular flexibility index (Phi) is 5.11. The Bertz CT molecular complexity index is 648. The van der Waals surface area contributed by atoms with Crippen LogP contribution in [0.25, 0.3) is 0 Å².